The first-order chi connectivity index (χ1) is 9.24. The zero-order chi connectivity index (χ0) is 13.7. The molecular formula is C15H18ClN3. The molecule has 1 aromatic carbocycles. The van der Waals surface area contributed by atoms with Crippen LogP contribution in [0.4, 0.5) is 11.5 Å². The van der Waals surface area contributed by atoms with Crippen LogP contribution in [0.3, 0.4) is 0 Å². The molecule has 3 nitrogen and oxygen atoms in total. The molecule has 0 bridgehead atoms. The van der Waals surface area contributed by atoms with Crippen molar-refractivity contribution in [3.63, 3.8) is 0 Å². The van der Waals surface area contributed by atoms with E-state index in [9.17, 15) is 0 Å². The number of aryl methyl sites for hydroxylation is 1. The first-order valence-electron chi connectivity index (χ1n) is 6.60. The highest BCUT2D eigenvalue weighted by molar-refractivity contribution is 6.30. The Labute approximate surface area is 119 Å². The summed E-state index contributed by atoms with van der Waals surface area (Å²) in [7, 11) is 0. The molecule has 4 heteroatoms. The summed E-state index contributed by atoms with van der Waals surface area (Å²) in [5.41, 5.74) is 3.32. The first kappa shape index (κ1) is 13.8. The van der Waals surface area contributed by atoms with E-state index < -0.39 is 0 Å². The van der Waals surface area contributed by atoms with Crippen LogP contribution in [0, 0.1) is 0 Å². The number of nitrogens with zero attached hydrogens (tertiary/aromatic N) is 2. The van der Waals surface area contributed by atoms with Crippen LogP contribution in [0.25, 0.3) is 0 Å². The minimum Gasteiger partial charge on any atom is -0.340 e. The van der Waals surface area contributed by atoms with Gasteiger partial charge in [-0.25, -0.2) is 9.97 Å². The van der Waals surface area contributed by atoms with Crippen molar-refractivity contribution >= 4 is 23.1 Å². The van der Waals surface area contributed by atoms with Crippen LogP contribution in [0.5, 0.6) is 0 Å². The Balaban J connectivity index is 2.19. The van der Waals surface area contributed by atoms with Gasteiger partial charge >= 0.3 is 0 Å². The van der Waals surface area contributed by atoms with Crippen molar-refractivity contribution in [1.29, 1.82) is 0 Å². The number of hydrogen-bond donors (Lipinski definition) is 1. The highest BCUT2D eigenvalue weighted by atomic mass is 35.5. The van der Waals surface area contributed by atoms with E-state index >= 15 is 0 Å². The van der Waals surface area contributed by atoms with Crippen molar-refractivity contribution in [2.75, 3.05) is 5.32 Å². The van der Waals surface area contributed by atoms with Gasteiger partial charge < -0.3 is 5.32 Å². The van der Waals surface area contributed by atoms with Gasteiger partial charge in [-0.05, 0) is 30.5 Å². The summed E-state index contributed by atoms with van der Waals surface area (Å²) >= 11 is 6.07. The lowest BCUT2D eigenvalue weighted by Gasteiger charge is -2.10. The van der Waals surface area contributed by atoms with Gasteiger partial charge in [0, 0.05) is 11.3 Å². The van der Waals surface area contributed by atoms with E-state index in [4.69, 9.17) is 11.6 Å². The van der Waals surface area contributed by atoms with E-state index in [-0.39, 0.29) is 0 Å². The van der Waals surface area contributed by atoms with Gasteiger partial charge in [-0.2, -0.15) is 0 Å². The third-order valence-electron chi connectivity index (χ3n) is 3.00. The van der Waals surface area contributed by atoms with Gasteiger partial charge in [0.05, 0.1) is 0 Å². The minimum absolute atomic E-state index is 0.516. The molecule has 0 spiro atoms. The zero-order valence-corrected chi connectivity index (χ0v) is 12.0. The summed E-state index contributed by atoms with van der Waals surface area (Å²) < 4.78 is 0. The average Bonchev–Trinajstić information content (AvgIpc) is 2.42. The Kier molecular flexibility index (Phi) is 4.74. The molecule has 0 radical (unpaired) electrons. The molecule has 0 unspecified atom stereocenters. The van der Waals surface area contributed by atoms with Crippen LogP contribution in [0.2, 0.25) is 5.15 Å². The van der Waals surface area contributed by atoms with Gasteiger partial charge in [-0.3, -0.25) is 0 Å². The quantitative estimate of drug-likeness (QED) is 0.823. The van der Waals surface area contributed by atoms with Crippen molar-refractivity contribution < 1.29 is 0 Å². The van der Waals surface area contributed by atoms with Gasteiger partial charge in [0.15, 0.2) is 0 Å². The molecular weight excluding hydrogens is 258 g/mol. The molecule has 2 aromatic rings. The highest BCUT2D eigenvalue weighted by Crippen LogP contribution is 2.24. The Hall–Kier alpha value is -1.61. The van der Waals surface area contributed by atoms with Crippen molar-refractivity contribution in [3.05, 3.63) is 46.9 Å². The molecule has 1 N–H and O–H groups in total. The summed E-state index contributed by atoms with van der Waals surface area (Å²) in [5, 5.41) is 3.81. The number of aromatic nitrogens is 2. The smallest absolute Gasteiger partial charge is 0.138 e. The highest BCUT2D eigenvalue weighted by Gasteiger charge is 2.07. The molecule has 0 saturated heterocycles. The lowest BCUT2D eigenvalue weighted by molar-refractivity contribution is 0.922. The zero-order valence-electron chi connectivity index (χ0n) is 11.3. The molecule has 100 valence electrons. The minimum atomic E-state index is 0.516. The number of anilines is 2. The summed E-state index contributed by atoms with van der Waals surface area (Å²) in [6, 6.07) is 8.42. The molecule has 1 aromatic heterocycles. The van der Waals surface area contributed by atoms with Gasteiger partial charge in [-0.1, -0.05) is 44.0 Å². The van der Waals surface area contributed by atoms with Gasteiger partial charge in [0.25, 0.3) is 0 Å². The number of rotatable bonds is 5. The van der Waals surface area contributed by atoms with Crippen LogP contribution >= 0.6 is 11.6 Å². The third kappa shape index (κ3) is 3.44. The van der Waals surface area contributed by atoms with Gasteiger partial charge in [-0.15, -0.1) is 0 Å². The van der Waals surface area contributed by atoms with Crippen molar-refractivity contribution in [2.45, 2.75) is 33.1 Å². The predicted octanol–water partition coefficient (Wildman–Crippen LogP) is 4.39. The third-order valence-corrected chi connectivity index (χ3v) is 3.33. The molecule has 0 amide bonds. The topological polar surface area (TPSA) is 37.8 Å². The van der Waals surface area contributed by atoms with Crippen molar-refractivity contribution in [1.82, 2.24) is 9.97 Å². The first-order valence-corrected chi connectivity index (χ1v) is 6.97. The van der Waals surface area contributed by atoms with E-state index in [2.05, 4.69) is 46.5 Å². The normalized spacial score (nSPS) is 10.5. The summed E-state index contributed by atoms with van der Waals surface area (Å²) in [6.07, 6.45) is 4.55. The van der Waals surface area contributed by atoms with Crippen LogP contribution in [0.15, 0.2) is 30.6 Å². The number of benzene rings is 1. The summed E-state index contributed by atoms with van der Waals surface area (Å²) in [5.74, 6) is 0.783. The molecule has 0 atom stereocenters. The van der Waals surface area contributed by atoms with E-state index in [1.54, 1.807) is 0 Å². The second kappa shape index (κ2) is 6.53. The molecule has 1 heterocycles. The van der Waals surface area contributed by atoms with Crippen LogP contribution < -0.4 is 5.32 Å². The Morgan fingerprint density at radius 1 is 1.11 bits per heavy atom. The standard InChI is InChI=1S/C15H18ClN3/c1-3-5-11-6-8-12(9-7-11)19-15-13(4-2)14(16)17-10-18-15/h6-10H,3-5H2,1-2H3,(H,17,18,19). The van der Waals surface area contributed by atoms with E-state index in [1.807, 2.05) is 6.92 Å². The molecule has 0 saturated carbocycles. The SMILES string of the molecule is CCCc1ccc(Nc2ncnc(Cl)c2CC)cc1. The summed E-state index contributed by atoms with van der Waals surface area (Å²) in [4.78, 5) is 8.26. The average molecular weight is 276 g/mol. The van der Waals surface area contributed by atoms with E-state index in [0.717, 1.165) is 36.3 Å². The molecule has 2 rings (SSSR count). The lowest BCUT2D eigenvalue weighted by atomic mass is 10.1. The van der Waals surface area contributed by atoms with E-state index in [0.29, 0.717) is 5.15 Å². The van der Waals surface area contributed by atoms with Crippen molar-refractivity contribution in [3.8, 4) is 0 Å². The molecule has 0 aliphatic rings. The summed E-state index contributed by atoms with van der Waals surface area (Å²) in [6.45, 7) is 4.22. The number of halogens is 1. The monoisotopic (exact) mass is 275 g/mol. The maximum atomic E-state index is 6.07. The molecule has 0 fully saturated rings. The second-order valence-corrected chi connectivity index (χ2v) is 4.78. The van der Waals surface area contributed by atoms with Crippen LogP contribution in [0.1, 0.15) is 31.4 Å². The number of hydrogen-bond acceptors (Lipinski definition) is 3. The fraction of sp³-hybridized carbons (Fsp3) is 0.333. The maximum absolute atomic E-state index is 6.07. The maximum Gasteiger partial charge on any atom is 0.138 e. The van der Waals surface area contributed by atoms with Gasteiger partial charge in [0.2, 0.25) is 0 Å². The fourth-order valence-corrected chi connectivity index (χ4v) is 2.26. The molecule has 0 aliphatic carbocycles. The van der Waals surface area contributed by atoms with Crippen molar-refractivity contribution in [2.24, 2.45) is 0 Å². The fourth-order valence-electron chi connectivity index (χ4n) is 1.99. The van der Waals surface area contributed by atoms with Gasteiger partial charge in [0.1, 0.15) is 17.3 Å². The largest absolute Gasteiger partial charge is 0.340 e. The Morgan fingerprint density at radius 2 is 1.84 bits per heavy atom. The predicted molar refractivity (Wildman–Crippen MR) is 80.1 cm³/mol. The van der Waals surface area contributed by atoms with Crippen LogP contribution in [-0.4, -0.2) is 9.97 Å². The Morgan fingerprint density at radius 3 is 2.47 bits per heavy atom. The Bertz CT molecular complexity index is 538. The number of nitrogens with one attached hydrogen (secondary N) is 1. The second-order valence-electron chi connectivity index (χ2n) is 4.42. The van der Waals surface area contributed by atoms with Crippen LogP contribution in [-0.2, 0) is 12.8 Å². The molecule has 0 aliphatic heterocycles. The molecule has 19 heavy (non-hydrogen) atoms. The lowest BCUT2D eigenvalue weighted by Crippen LogP contribution is -2.00. The van der Waals surface area contributed by atoms with E-state index in [1.165, 1.54) is 11.9 Å².